The maximum atomic E-state index is 4.46. The lowest BCUT2D eigenvalue weighted by atomic mass is 10.0. The molecule has 116 valence electrons. The average Bonchev–Trinajstić information content (AvgIpc) is 2.98. The molecule has 0 aliphatic carbocycles. The molecule has 1 heterocycles. The van der Waals surface area contributed by atoms with Gasteiger partial charge >= 0.3 is 0 Å². The van der Waals surface area contributed by atoms with Crippen molar-refractivity contribution in [2.75, 3.05) is 0 Å². The van der Waals surface area contributed by atoms with Gasteiger partial charge in [0, 0.05) is 12.4 Å². The van der Waals surface area contributed by atoms with Crippen molar-refractivity contribution in [2.24, 2.45) is 0 Å². The highest BCUT2D eigenvalue weighted by atomic mass is 15.3. The molecule has 0 aliphatic rings. The summed E-state index contributed by atoms with van der Waals surface area (Å²) in [6, 6.07) is 2.69. The van der Waals surface area contributed by atoms with Gasteiger partial charge in [0.15, 0.2) is 0 Å². The van der Waals surface area contributed by atoms with E-state index in [0.29, 0.717) is 6.04 Å². The van der Waals surface area contributed by atoms with Crippen molar-refractivity contribution in [1.29, 1.82) is 0 Å². The molecule has 0 saturated heterocycles. The van der Waals surface area contributed by atoms with E-state index >= 15 is 0 Å². The summed E-state index contributed by atoms with van der Waals surface area (Å²) in [4.78, 5) is 0. The van der Waals surface area contributed by atoms with Crippen LogP contribution in [0, 0.1) is 0 Å². The lowest BCUT2D eigenvalue weighted by Crippen LogP contribution is -2.10. The summed E-state index contributed by atoms with van der Waals surface area (Å²) in [6.07, 6.45) is 20.4. The summed E-state index contributed by atoms with van der Waals surface area (Å²) in [6.45, 7) is 4.56. The van der Waals surface area contributed by atoms with Gasteiger partial charge in [-0.1, -0.05) is 78.1 Å². The fourth-order valence-corrected chi connectivity index (χ4v) is 2.87. The number of aromatic nitrogens is 2. The second-order valence-corrected chi connectivity index (χ2v) is 6.05. The molecule has 0 fully saturated rings. The average molecular weight is 278 g/mol. The second kappa shape index (κ2) is 12.0. The second-order valence-electron chi connectivity index (χ2n) is 6.05. The van der Waals surface area contributed by atoms with Crippen LogP contribution in [0.1, 0.15) is 96.9 Å². The third kappa shape index (κ3) is 7.72. The van der Waals surface area contributed by atoms with Crippen LogP contribution in [0.15, 0.2) is 18.5 Å². The highest BCUT2D eigenvalue weighted by molar-refractivity contribution is 4.81. The molecule has 0 bridgehead atoms. The first-order valence-electron chi connectivity index (χ1n) is 8.87. The molecule has 1 aromatic rings. The third-order valence-electron chi connectivity index (χ3n) is 4.18. The van der Waals surface area contributed by atoms with Crippen molar-refractivity contribution in [3.63, 3.8) is 0 Å². The molecule has 0 N–H and O–H groups in total. The van der Waals surface area contributed by atoms with Crippen LogP contribution in [0.5, 0.6) is 0 Å². The largest absolute Gasteiger partial charge is 0.270 e. The van der Waals surface area contributed by atoms with Gasteiger partial charge in [-0.2, -0.15) is 5.10 Å². The van der Waals surface area contributed by atoms with Gasteiger partial charge in [0.05, 0.1) is 6.04 Å². The van der Waals surface area contributed by atoms with Crippen LogP contribution in [0.4, 0.5) is 0 Å². The number of rotatable bonds is 13. The molecule has 1 rings (SSSR count). The molecule has 2 nitrogen and oxygen atoms in total. The Hall–Kier alpha value is -0.790. The first-order chi connectivity index (χ1) is 9.88. The topological polar surface area (TPSA) is 17.8 Å². The van der Waals surface area contributed by atoms with Gasteiger partial charge in [-0.3, -0.25) is 4.68 Å². The maximum Gasteiger partial charge on any atom is 0.0519 e. The molecule has 0 atom stereocenters. The van der Waals surface area contributed by atoms with Crippen molar-refractivity contribution < 1.29 is 0 Å². The van der Waals surface area contributed by atoms with Crippen molar-refractivity contribution in [2.45, 2.75) is 96.9 Å². The predicted octanol–water partition coefficient (Wildman–Crippen LogP) is 6.15. The van der Waals surface area contributed by atoms with Gasteiger partial charge in [-0.05, 0) is 18.9 Å². The Kier molecular flexibility index (Phi) is 10.3. The fourth-order valence-electron chi connectivity index (χ4n) is 2.87. The molecule has 2 heteroatoms. The first-order valence-corrected chi connectivity index (χ1v) is 8.87. The minimum atomic E-state index is 0.633. The third-order valence-corrected chi connectivity index (χ3v) is 4.18. The molecular formula is C18H34N2. The normalized spacial score (nSPS) is 11.3. The zero-order valence-corrected chi connectivity index (χ0v) is 13.7. The number of unbranched alkanes of at least 4 members (excludes halogenated alkanes) is 8. The minimum absolute atomic E-state index is 0.633. The number of hydrogen-bond donors (Lipinski definition) is 0. The van der Waals surface area contributed by atoms with Gasteiger partial charge in [-0.15, -0.1) is 0 Å². The van der Waals surface area contributed by atoms with Crippen LogP contribution < -0.4 is 0 Å². The molecule has 0 spiro atoms. The molecule has 0 saturated carbocycles. The van der Waals surface area contributed by atoms with E-state index in [1.807, 2.05) is 6.20 Å². The van der Waals surface area contributed by atoms with Crippen LogP contribution in [0.2, 0.25) is 0 Å². The van der Waals surface area contributed by atoms with E-state index in [1.165, 1.54) is 77.0 Å². The summed E-state index contributed by atoms with van der Waals surface area (Å²) >= 11 is 0. The molecule has 20 heavy (non-hydrogen) atoms. The Morgan fingerprint density at radius 1 is 0.800 bits per heavy atom. The van der Waals surface area contributed by atoms with Crippen LogP contribution in [-0.4, -0.2) is 9.78 Å². The predicted molar refractivity (Wildman–Crippen MR) is 88.0 cm³/mol. The van der Waals surface area contributed by atoms with Crippen molar-refractivity contribution >= 4 is 0 Å². The summed E-state index contributed by atoms with van der Waals surface area (Å²) in [5.74, 6) is 0. The SMILES string of the molecule is CCCCCCCC(CCCCCCC)n1cccn1. The van der Waals surface area contributed by atoms with Gasteiger partial charge in [0.2, 0.25) is 0 Å². The molecule has 0 radical (unpaired) electrons. The van der Waals surface area contributed by atoms with E-state index in [0.717, 1.165) is 0 Å². The Labute approximate surface area is 126 Å². The maximum absolute atomic E-state index is 4.46. The quantitative estimate of drug-likeness (QED) is 0.396. The molecule has 0 aliphatic heterocycles. The van der Waals surface area contributed by atoms with E-state index < -0.39 is 0 Å². The lowest BCUT2D eigenvalue weighted by molar-refractivity contribution is 0.367. The fraction of sp³-hybridized carbons (Fsp3) is 0.833. The Balaban J connectivity index is 2.22. The molecule has 1 aromatic heterocycles. The van der Waals surface area contributed by atoms with Gasteiger partial charge in [0.1, 0.15) is 0 Å². The first kappa shape index (κ1) is 17.3. The molecule has 0 amide bonds. The van der Waals surface area contributed by atoms with E-state index in [2.05, 4.69) is 35.9 Å². The smallest absolute Gasteiger partial charge is 0.0519 e. The minimum Gasteiger partial charge on any atom is -0.270 e. The van der Waals surface area contributed by atoms with Gasteiger partial charge < -0.3 is 0 Å². The molecule has 0 unspecified atom stereocenters. The van der Waals surface area contributed by atoms with E-state index in [4.69, 9.17) is 0 Å². The monoisotopic (exact) mass is 278 g/mol. The van der Waals surface area contributed by atoms with Crippen LogP contribution >= 0.6 is 0 Å². The van der Waals surface area contributed by atoms with Gasteiger partial charge in [-0.25, -0.2) is 0 Å². The Morgan fingerprint density at radius 2 is 1.35 bits per heavy atom. The summed E-state index contributed by atoms with van der Waals surface area (Å²) in [7, 11) is 0. The summed E-state index contributed by atoms with van der Waals surface area (Å²) in [5.41, 5.74) is 0. The van der Waals surface area contributed by atoms with E-state index in [-0.39, 0.29) is 0 Å². The Morgan fingerprint density at radius 3 is 1.80 bits per heavy atom. The van der Waals surface area contributed by atoms with Crippen molar-refractivity contribution in [3.8, 4) is 0 Å². The van der Waals surface area contributed by atoms with Crippen LogP contribution in [0.3, 0.4) is 0 Å². The Bertz CT molecular complexity index is 278. The van der Waals surface area contributed by atoms with E-state index in [1.54, 1.807) is 0 Å². The summed E-state index contributed by atoms with van der Waals surface area (Å²) < 4.78 is 2.19. The lowest BCUT2D eigenvalue weighted by Gasteiger charge is -2.17. The highest BCUT2D eigenvalue weighted by Gasteiger charge is 2.10. The van der Waals surface area contributed by atoms with Crippen LogP contribution in [-0.2, 0) is 0 Å². The number of hydrogen-bond acceptors (Lipinski definition) is 1. The standard InChI is InChI=1S/C18H34N2/c1-3-5-7-9-11-14-18(20-17-13-16-19-20)15-12-10-8-6-4-2/h13,16-18H,3-12,14-15H2,1-2H3. The molecular weight excluding hydrogens is 244 g/mol. The summed E-state index contributed by atoms with van der Waals surface area (Å²) in [5, 5.41) is 4.46. The zero-order chi connectivity index (χ0) is 14.5. The highest BCUT2D eigenvalue weighted by Crippen LogP contribution is 2.22. The number of nitrogens with zero attached hydrogens (tertiary/aromatic N) is 2. The van der Waals surface area contributed by atoms with Crippen molar-refractivity contribution in [1.82, 2.24) is 9.78 Å². The molecule has 0 aromatic carbocycles. The van der Waals surface area contributed by atoms with Crippen LogP contribution in [0.25, 0.3) is 0 Å². The van der Waals surface area contributed by atoms with E-state index in [9.17, 15) is 0 Å². The van der Waals surface area contributed by atoms with Gasteiger partial charge in [0.25, 0.3) is 0 Å². The zero-order valence-electron chi connectivity index (χ0n) is 13.7. The van der Waals surface area contributed by atoms with Crippen molar-refractivity contribution in [3.05, 3.63) is 18.5 Å².